The van der Waals surface area contributed by atoms with Gasteiger partial charge in [0, 0.05) is 6.54 Å². The molecule has 164 valence electrons. The number of fused-ring (bicyclic) bond motifs is 2. The first kappa shape index (κ1) is 21.0. The summed E-state index contributed by atoms with van der Waals surface area (Å²) in [5.74, 6) is 2.71. The number of anilines is 1. The Bertz CT molecular complexity index is 1150. The van der Waals surface area contributed by atoms with Gasteiger partial charge >= 0.3 is 5.97 Å². The Hall–Kier alpha value is -3.29. The number of hydrogen-bond acceptors (Lipinski definition) is 8. The van der Waals surface area contributed by atoms with Gasteiger partial charge in [0.25, 0.3) is 0 Å². The average Bonchev–Trinajstić information content (AvgIpc) is 3.08. The van der Waals surface area contributed by atoms with Crippen molar-refractivity contribution in [2.24, 2.45) is 0 Å². The van der Waals surface area contributed by atoms with E-state index in [1.54, 1.807) is 28.1 Å². The third-order valence-electron chi connectivity index (χ3n) is 5.76. The van der Waals surface area contributed by atoms with Gasteiger partial charge in [0.05, 0.1) is 32.3 Å². The summed E-state index contributed by atoms with van der Waals surface area (Å²) in [6, 6.07) is 4.05. The third kappa shape index (κ3) is 3.45. The number of carbonyl (C=O) groups excluding carboxylic acids is 1. The fourth-order valence-corrected chi connectivity index (χ4v) is 4.29. The highest BCUT2D eigenvalue weighted by atomic mass is 16.5. The van der Waals surface area contributed by atoms with Gasteiger partial charge in [0.1, 0.15) is 23.0 Å². The molecular formula is C23H27N3O5. The van der Waals surface area contributed by atoms with E-state index in [1.807, 2.05) is 19.1 Å². The minimum absolute atomic E-state index is 0.00805. The first-order valence-electron chi connectivity index (χ1n) is 10.4. The van der Waals surface area contributed by atoms with Gasteiger partial charge in [-0.15, -0.1) is 0 Å². The van der Waals surface area contributed by atoms with Crippen molar-refractivity contribution >= 4 is 22.9 Å². The van der Waals surface area contributed by atoms with E-state index in [0.717, 1.165) is 24.3 Å². The quantitative estimate of drug-likeness (QED) is 0.563. The van der Waals surface area contributed by atoms with E-state index in [0.29, 0.717) is 39.8 Å². The maximum absolute atomic E-state index is 12.7. The Labute approximate surface area is 181 Å². The molecule has 0 saturated carbocycles. The fraction of sp³-hybridized carbons (Fsp3) is 0.435. The molecule has 0 saturated heterocycles. The zero-order chi connectivity index (χ0) is 22.3. The smallest absolute Gasteiger partial charge is 0.342 e. The lowest BCUT2D eigenvalue weighted by molar-refractivity contribution is 0.0526. The van der Waals surface area contributed by atoms with E-state index < -0.39 is 5.97 Å². The lowest BCUT2D eigenvalue weighted by atomic mass is 9.92. The van der Waals surface area contributed by atoms with Gasteiger partial charge in [0.15, 0.2) is 11.5 Å². The average molecular weight is 425 g/mol. The summed E-state index contributed by atoms with van der Waals surface area (Å²) in [4.78, 5) is 24.0. The van der Waals surface area contributed by atoms with Crippen LogP contribution in [-0.2, 0) is 11.2 Å². The summed E-state index contributed by atoms with van der Waals surface area (Å²) in [6.07, 6.45) is 0.802. The fourth-order valence-electron chi connectivity index (χ4n) is 4.29. The molecule has 0 spiro atoms. The van der Waals surface area contributed by atoms with Crippen LogP contribution in [0.3, 0.4) is 0 Å². The van der Waals surface area contributed by atoms with E-state index in [4.69, 9.17) is 23.6 Å². The molecule has 0 amide bonds. The molecule has 8 nitrogen and oxygen atoms in total. The van der Waals surface area contributed by atoms with Crippen molar-refractivity contribution in [2.45, 2.75) is 40.2 Å². The van der Waals surface area contributed by atoms with Gasteiger partial charge in [-0.3, -0.25) is 0 Å². The van der Waals surface area contributed by atoms with Crippen molar-refractivity contribution in [3.8, 4) is 11.5 Å². The van der Waals surface area contributed by atoms with Crippen LogP contribution in [0.15, 0.2) is 16.5 Å². The van der Waals surface area contributed by atoms with Crippen molar-refractivity contribution in [1.82, 2.24) is 9.97 Å². The number of aryl methyl sites for hydroxylation is 2. The number of rotatable bonds is 5. The highest BCUT2D eigenvalue weighted by Gasteiger charge is 2.32. The number of benzene rings is 1. The van der Waals surface area contributed by atoms with Gasteiger partial charge in [0.2, 0.25) is 5.71 Å². The van der Waals surface area contributed by atoms with E-state index in [2.05, 4.69) is 16.8 Å². The van der Waals surface area contributed by atoms with Crippen molar-refractivity contribution in [3.05, 3.63) is 40.4 Å². The molecule has 1 aliphatic rings. The van der Waals surface area contributed by atoms with Crippen LogP contribution in [0.2, 0.25) is 0 Å². The van der Waals surface area contributed by atoms with Crippen LogP contribution >= 0.6 is 0 Å². The first-order valence-corrected chi connectivity index (χ1v) is 10.4. The standard InChI is InChI=1S/C23H27N3O5/c1-7-30-23(27)19-13(3)31-22-20(19)21(24-14(4)25-22)26-9-8-15-10-17(28-5)18(29-6)11-16(15)12(26)2/h10-12H,7-9H2,1-6H3/t12-/m0/s1. The molecular weight excluding hydrogens is 398 g/mol. The van der Waals surface area contributed by atoms with Gasteiger partial charge in [-0.2, -0.15) is 4.98 Å². The van der Waals surface area contributed by atoms with Crippen LogP contribution in [0.1, 0.15) is 53.0 Å². The number of aromatic nitrogens is 2. The van der Waals surface area contributed by atoms with Crippen molar-refractivity contribution in [1.29, 1.82) is 0 Å². The normalized spacial score (nSPS) is 15.7. The van der Waals surface area contributed by atoms with E-state index in [-0.39, 0.29) is 12.6 Å². The molecule has 0 radical (unpaired) electrons. The third-order valence-corrected chi connectivity index (χ3v) is 5.76. The lowest BCUT2D eigenvalue weighted by Crippen LogP contribution is -2.35. The number of methoxy groups -OCH3 is 2. The molecule has 0 fully saturated rings. The van der Waals surface area contributed by atoms with Crippen LogP contribution in [0.4, 0.5) is 5.82 Å². The summed E-state index contributed by atoms with van der Waals surface area (Å²) in [7, 11) is 3.27. The Morgan fingerprint density at radius 2 is 1.90 bits per heavy atom. The summed E-state index contributed by atoms with van der Waals surface area (Å²) in [5.41, 5.74) is 3.12. The number of ether oxygens (including phenoxy) is 3. The molecule has 0 bridgehead atoms. The monoisotopic (exact) mass is 425 g/mol. The van der Waals surface area contributed by atoms with Crippen molar-refractivity contribution in [3.63, 3.8) is 0 Å². The molecule has 1 atom stereocenters. The Balaban J connectivity index is 1.87. The molecule has 1 aliphatic heterocycles. The topological polar surface area (TPSA) is 86.9 Å². The molecule has 4 rings (SSSR count). The Kier molecular flexibility index (Phi) is 5.47. The van der Waals surface area contributed by atoms with Gasteiger partial charge < -0.3 is 23.5 Å². The second kappa shape index (κ2) is 8.09. The number of esters is 1. The van der Waals surface area contributed by atoms with Crippen LogP contribution in [0.5, 0.6) is 11.5 Å². The first-order chi connectivity index (χ1) is 14.9. The van der Waals surface area contributed by atoms with E-state index in [9.17, 15) is 4.79 Å². The van der Waals surface area contributed by atoms with Crippen LogP contribution in [-0.4, -0.2) is 43.3 Å². The molecule has 0 unspecified atom stereocenters. The molecule has 3 heterocycles. The van der Waals surface area contributed by atoms with Crippen molar-refractivity contribution in [2.75, 3.05) is 32.3 Å². The summed E-state index contributed by atoms with van der Waals surface area (Å²) in [5, 5.41) is 0.595. The van der Waals surface area contributed by atoms with Crippen LogP contribution < -0.4 is 14.4 Å². The number of furan rings is 1. The molecule has 2 aromatic heterocycles. The maximum atomic E-state index is 12.7. The lowest BCUT2D eigenvalue weighted by Gasteiger charge is -2.37. The van der Waals surface area contributed by atoms with Crippen LogP contribution in [0, 0.1) is 13.8 Å². The number of carbonyl (C=O) groups is 1. The second-order valence-electron chi connectivity index (χ2n) is 7.55. The largest absolute Gasteiger partial charge is 0.493 e. The van der Waals surface area contributed by atoms with Crippen LogP contribution in [0.25, 0.3) is 11.1 Å². The SMILES string of the molecule is CCOC(=O)c1c(C)oc2nc(C)nc(N3CCc4cc(OC)c(OC)cc4[C@@H]3C)c12. The zero-order valence-corrected chi connectivity index (χ0v) is 18.7. The minimum Gasteiger partial charge on any atom is -0.493 e. The molecule has 0 N–H and O–H groups in total. The predicted molar refractivity (Wildman–Crippen MR) is 116 cm³/mol. The molecule has 8 heteroatoms. The summed E-state index contributed by atoms with van der Waals surface area (Å²) in [6.45, 7) is 8.47. The predicted octanol–water partition coefficient (Wildman–Crippen LogP) is 4.16. The minimum atomic E-state index is -0.427. The zero-order valence-electron chi connectivity index (χ0n) is 18.7. The van der Waals surface area contributed by atoms with Crippen molar-refractivity contribution < 1.29 is 23.4 Å². The van der Waals surface area contributed by atoms with Gasteiger partial charge in [-0.25, -0.2) is 9.78 Å². The highest BCUT2D eigenvalue weighted by molar-refractivity contribution is 6.08. The van der Waals surface area contributed by atoms with E-state index in [1.165, 1.54) is 5.56 Å². The molecule has 3 aromatic rings. The van der Waals surface area contributed by atoms with Gasteiger partial charge in [-0.05, 0) is 57.4 Å². The maximum Gasteiger partial charge on any atom is 0.342 e. The summed E-state index contributed by atoms with van der Waals surface area (Å²) >= 11 is 0. The van der Waals surface area contributed by atoms with E-state index >= 15 is 0 Å². The Morgan fingerprint density at radius 1 is 1.19 bits per heavy atom. The number of hydrogen-bond donors (Lipinski definition) is 0. The molecule has 0 aliphatic carbocycles. The Morgan fingerprint density at radius 3 is 2.58 bits per heavy atom. The van der Waals surface area contributed by atoms with Gasteiger partial charge in [-0.1, -0.05) is 0 Å². The molecule has 31 heavy (non-hydrogen) atoms. The summed E-state index contributed by atoms with van der Waals surface area (Å²) < 4.78 is 22.1. The second-order valence-corrected chi connectivity index (χ2v) is 7.55. The number of nitrogens with zero attached hydrogens (tertiary/aromatic N) is 3. The highest BCUT2D eigenvalue weighted by Crippen LogP contribution is 2.42. The molecule has 1 aromatic carbocycles.